The van der Waals surface area contributed by atoms with E-state index in [2.05, 4.69) is 0 Å². The Bertz CT molecular complexity index is 376. The number of nitrogens with zero attached hydrogens (tertiary/aromatic N) is 2. The van der Waals surface area contributed by atoms with Gasteiger partial charge in [0.2, 0.25) is 0 Å². The lowest BCUT2D eigenvalue weighted by molar-refractivity contribution is -0.380. The van der Waals surface area contributed by atoms with Crippen LogP contribution in [-0.2, 0) is 11.3 Å². The predicted molar refractivity (Wildman–Crippen MR) is 54.9 cm³/mol. The van der Waals surface area contributed by atoms with Crippen LogP contribution in [0.15, 0.2) is 11.4 Å². The van der Waals surface area contributed by atoms with E-state index in [4.69, 9.17) is 5.11 Å². The number of aliphatic carboxylic acids is 1. The van der Waals surface area contributed by atoms with E-state index in [9.17, 15) is 14.9 Å². The van der Waals surface area contributed by atoms with Crippen molar-refractivity contribution in [3.05, 3.63) is 27.1 Å². The Balaban J connectivity index is 2.57. The number of likely N-dealkylation sites (N-methyl/N-ethyl adjacent to an activating group) is 1. The van der Waals surface area contributed by atoms with Crippen molar-refractivity contribution in [3.8, 4) is 0 Å². The molecular formula is C8H10N2O4S. The van der Waals surface area contributed by atoms with Crippen molar-refractivity contribution in [2.75, 3.05) is 13.6 Å². The molecular weight excluding hydrogens is 220 g/mol. The molecule has 0 aliphatic heterocycles. The zero-order valence-electron chi connectivity index (χ0n) is 8.04. The van der Waals surface area contributed by atoms with E-state index in [0.717, 1.165) is 16.9 Å². The summed E-state index contributed by atoms with van der Waals surface area (Å²) in [5, 5.41) is 20.6. The summed E-state index contributed by atoms with van der Waals surface area (Å²) in [4.78, 5) is 21.9. The number of nitro groups is 1. The van der Waals surface area contributed by atoms with Gasteiger partial charge < -0.3 is 5.11 Å². The largest absolute Gasteiger partial charge is 0.480 e. The molecule has 0 fully saturated rings. The van der Waals surface area contributed by atoms with Gasteiger partial charge in [-0.1, -0.05) is 11.3 Å². The number of hydrogen-bond donors (Lipinski definition) is 1. The van der Waals surface area contributed by atoms with Crippen LogP contribution < -0.4 is 0 Å². The first-order valence-electron chi connectivity index (χ1n) is 4.11. The number of carboxylic acid groups (broad SMARTS) is 1. The highest BCUT2D eigenvalue weighted by Gasteiger charge is 2.11. The lowest BCUT2D eigenvalue weighted by atomic mass is 10.3. The fraction of sp³-hybridized carbons (Fsp3) is 0.375. The fourth-order valence-corrected chi connectivity index (χ4v) is 1.86. The molecule has 0 atom stereocenters. The summed E-state index contributed by atoms with van der Waals surface area (Å²) in [5.74, 6) is -0.915. The van der Waals surface area contributed by atoms with E-state index < -0.39 is 10.9 Å². The molecule has 82 valence electrons. The van der Waals surface area contributed by atoms with Crippen molar-refractivity contribution in [2.24, 2.45) is 0 Å². The molecule has 0 radical (unpaired) electrons. The van der Waals surface area contributed by atoms with Gasteiger partial charge in [-0.15, -0.1) is 0 Å². The van der Waals surface area contributed by atoms with Gasteiger partial charge in [0, 0.05) is 18.0 Å². The summed E-state index contributed by atoms with van der Waals surface area (Å²) in [5.41, 5.74) is 0.760. The molecule has 0 aliphatic carbocycles. The SMILES string of the molecule is CN(CC(=O)O)Cc1csc([N+](=O)[O-])c1. The minimum absolute atomic E-state index is 0.0775. The van der Waals surface area contributed by atoms with Gasteiger partial charge in [-0.3, -0.25) is 19.8 Å². The first-order chi connectivity index (χ1) is 6.99. The van der Waals surface area contributed by atoms with Crippen molar-refractivity contribution in [3.63, 3.8) is 0 Å². The summed E-state index contributed by atoms with van der Waals surface area (Å²) >= 11 is 1.05. The van der Waals surface area contributed by atoms with Gasteiger partial charge in [-0.25, -0.2) is 0 Å². The highest BCUT2D eigenvalue weighted by Crippen LogP contribution is 2.23. The molecule has 0 aliphatic rings. The Hall–Kier alpha value is -1.47. The third-order valence-corrected chi connectivity index (χ3v) is 2.61. The highest BCUT2D eigenvalue weighted by atomic mass is 32.1. The average Bonchev–Trinajstić information content (AvgIpc) is 2.50. The molecule has 0 aromatic carbocycles. The Morgan fingerprint density at radius 1 is 1.73 bits per heavy atom. The van der Waals surface area contributed by atoms with Crippen LogP contribution in [-0.4, -0.2) is 34.5 Å². The second-order valence-electron chi connectivity index (χ2n) is 3.12. The van der Waals surface area contributed by atoms with E-state index in [1.165, 1.54) is 6.07 Å². The number of rotatable bonds is 5. The molecule has 0 saturated heterocycles. The van der Waals surface area contributed by atoms with E-state index >= 15 is 0 Å². The van der Waals surface area contributed by atoms with Crippen molar-refractivity contribution in [1.29, 1.82) is 0 Å². The Morgan fingerprint density at radius 2 is 2.40 bits per heavy atom. The van der Waals surface area contributed by atoms with E-state index in [-0.39, 0.29) is 11.5 Å². The molecule has 1 aromatic heterocycles. The van der Waals surface area contributed by atoms with Gasteiger partial charge in [-0.05, 0) is 12.6 Å². The molecule has 6 nitrogen and oxygen atoms in total. The molecule has 0 amide bonds. The third kappa shape index (κ3) is 3.64. The van der Waals surface area contributed by atoms with Crippen molar-refractivity contribution >= 4 is 22.3 Å². The molecule has 15 heavy (non-hydrogen) atoms. The molecule has 0 spiro atoms. The molecule has 1 heterocycles. The Labute approximate surface area is 89.9 Å². The maximum atomic E-state index is 10.4. The van der Waals surface area contributed by atoms with Crippen molar-refractivity contribution in [2.45, 2.75) is 6.54 Å². The van der Waals surface area contributed by atoms with Crippen LogP contribution in [0.3, 0.4) is 0 Å². The minimum atomic E-state index is -0.915. The quantitative estimate of drug-likeness (QED) is 0.606. The Morgan fingerprint density at radius 3 is 2.87 bits per heavy atom. The first-order valence-corrected chi connectivity index (χ1v) is 4.99. The lowest BCUT2D eigenvalue weighted by Crippen LogP contribution is -2.24. The van der Waals surface area contributed by atoms with Gasteiger partial charge in [-0.2, -0.15) is 0 Å². The first kappa shape index (κ1) is 11.6. The van der Waals surface area contributed by atoms with Crippen LogP contribution in [0.5, 0.6) is 0 Å². The van der Waals surface area contributed by atoms with Crippen LogP contribution in [0.1, 0.15) is 5.56 Å². The fourth-order valence-electron chi connectivity index (χ4n) is 1.14. The maximum Gasteiger partial charge on any atom is 0.324 e. The average molecular weight is 230 g/mol. The third-order valence-electron chi connectivity index (χ3n) is 1.68. The van der Waals surface area contributed by atoms with Crippen LogP contribution in [0.2, 0.25) is 0 Å². The zero-order valence-corrected chi connectivity index (χ0v) is 8.86. The summed E-state index contributed by atoms with van der Waals surface area (Å²) in [7, 11) is 1.65. The molecule has 0 bridgehead atoms. The Kier molecular flexibility index (Phi) is 3.75. The normalized spacial score (nSPS) is 10.5. The number of hydrogen-bond acceptors (Lipinski definition) is 5. The predicted octanol–water partition coefficient (Wildman–Crippen LogP) is 1.17. The molecule has 1 N–H and O–H groups in total. The van der Waals surface area contributed by atoms with Gasteiger partial charge >= 0.3 is 11.0 Å². The van der Waals surface area contributed by atoms with Crippen LogP contribution in [0.25, 0.3) is 0 Å². The molecule has 7 heteroatoms. The number of carboxylic acids is 1. The van der Waals surface area contributed by atoms with Crippen LogP contribution >= 0.6 is 11.3 Å². The van der Waals surface area contributed by atoms with Crippen LogP contribution in [0, 0.1) is 10.1 Å². The molecule has 0 saturated carbocycles. The summed E-state index contributed by atoms with van der Waals surface area (Å²) in [6.07, 6.45) is 0. The van der Waals surface area contributed by atoms with Crippen molar-refractivity contribution in [1.82, 2.24) is 4.90 Å². The zero-order chi connectivity index (χ0) is 11.4. The monoisotopic (exact) mass is 230 g/mol. The maximum absolute atomic E-state index is 10.4. The van der Waals surface area contributed by atoms with Gasteiger partial charge in [0.1, 0.15) is 0 Å². The molecule has 0 unspecified atom stereocenters. The highest BCUT2D eigenvalue weighted by molar-refractivity contribution is 7.13. The summed E-state index contributed by atoms with van der Waals surface area (Å²) in [6.45, 7) is 0.320. The second-order valence-corrected chi connectivity index (χ2v) is 4.01. The lowest BCUT2D eigenvalue weighted by Gasteiger charge is -2.11. The topological polar surface area (TPSA) is 83.7 Å². The van der Waals surface area contributed by atoms with E-state index in [1.807, 2.05) is 0 Å². The van der Waals surface area contributed by atoms with E-state index in [1.54, 1.807) is 17.3 Å². The minimum Gasteiger partial charge on any atom is -0.480 e. The standard InChI is InChI=1S/C8H10N2O4S/c1-9(4-8(11)12)3-6-2-7(10(13)14)15-5-6/h2,5H,3-4H2,1H3,(H,11,12). The van der Waals surface area contributed by atoms with Crippen molar-refractivity contribution < 1.29 is 14.8 Å². The molecule has 1 rings (SSSR count). The van der Waals surface area contributed by atoms with Gasteiger partial charge in [0.15, 0.2) is 0 Å². The molecule has 1 aromatic rings. The summed E-state index contributed by atoms with van der Waals surface area (Å²) in [6, 6.07) is 1.46. The number of thiophene rings is 1. The number of carbonyl (C=O) groups is 1. The van der Waals surface area contributed by atoms with Gasteiger partial charge in [0.25, 0.3) is 0 Å². The summed E-state index contributed by atoms with van der Waals surface area (Å²) < 4.78 is 0. The smallest absolute Gasteiger partial charge is 0.324 e. The van der Waals surface area contributed by atoms with E-state index in [0.29, 0.717) is 6.54 Å². The second kappa shape index (κ2) is 4.85. The van der Waals surface area contributed by atoms with Gasteiger partial charge in [0.05, 0.1) is 11.5 Å². The van der Waals surface area contributed by atoms with Crippen LogP contribution in [0.4, 0.5) is 5.00 Å².